The van der Waals surface area contributed by atoms with Gasteiger partial charge >= 0.3 is 0 Å². The van der Waals surface area contributed by atoms with Gasteiger partial charge in [-0.15, -0.1) is 12.4 Å². The average molecular weight is 286 g/mol. The molecule has 0 saturated heterocycles. The summed E-state index contributed by atoms with van der Waals surface area (Å²) < 4.78 is 0. The summed E-state index contributed by atoms with van der Waals surface area (Å²) in [5.74, 6) is -0.886. The lowest BCUT2D eigenvalue weighted by molar-refractivity contribution is -0.120. The Balaban J connectivity index is 0.00000324. The van der Waals surface area contributed by atoms with Crippen molar-refractivity contribution >= 4 is 24.2 Å². The number of benzene rings is 1. The van der Waals surface area contributed by atoms with Crippen LogP contribution in [-0.4, -0.2) is 17.9 Å². The Bertz CT molecular complexity index is 432. The first-order valence-corrected chi connectivity index (χ1v) is 5.85. The van der Waals surface area contributed by atoms with E-state index in [1.54, 1.807) is 24.3 Å². The van der Waals surface area contributed by atoms with Crippen molar-refractivity contribution in [1.82, 2.24) is 5.32 Å². The predicted octanol–water partition coefficient (Wildman–Crippen LogP) is 0.807. The molecule has 106 valence electrons. The molecule has 2 amide bonds. The van der Waals surface area contributed by atoms with Gasteiger partial charge in [-0.1, -0.05) is 26.0 Å². The number of nitrogens with one attached hydrogen (secondary N) is 1. The van der Waals surface area contributed by atoms with Crippen LogP contribution in [0.3, 0.4) is 0 Å². The van der Waals surface area contributed by atoms with Gasteiger partial charge in [0.1, 0.15) is 6.04 Å². The summed E-state index contributed by atoms with van der Waals surface area (Å²) in [6, 6.07) is 6.26. The Morgan fingerprint density at radius 2 is 1.74 bits per heavy atom. The van der Waals surface area contributed by atoms with Crippen molar-refractivity contribution < 1.29 is 9.59 Å². The largest absolute Gasteiger partial charge is 0.368 e. The molecule has 0 fully saturated rings. The number of hydrogen-bond donors (Lipinski definition) is 3. The van der Waals surface area contributed by atoms with Gasteiger partial charge < -0.3 is 16.8 Å². The smallest absolute Gasteiger partial charge is 0.251 e. The van der Waals surface area contributed by atoms with E-state index in [1.807, 2.05) is 13.8 Å². The first-order valence-electron chi connectivity index (χ1n) is 5.85. The average Bonchev–Trinajstić information content (AvgIpc) is 2.35. The van der Waals surface area contributed by atoms with Crippen LogP contribution in [0.25, 0.3) is 0 Å². The van der Waals surface area contributed by atoms with Crippen molar-refractivity contribution in [3.05, 3.63) is 35.4 Å². The second-order valence-corrected chi connectivity index (χ2v) is 4.50. The van der Waals surface area contributed by atoms with Crippen LogP contribution in [0.15, 0.2) is 24.3 Å². The Morgan fingerprint density at radius 1 is 1.21 bits per heavy atom. The number of carbonyl (C=O) groups is 2. The molecule has 0 aromatic heterocycles. The highest BCUT2D eigenvalue weighted by Crippen LogP contribution is 2.06. The molecule has 0 bridgehead atoms. The van der Waals surface area contributed by atoms with E-state index in [9.17, 15) is 9.59 Å². The van der Waals surface area contributed by atoms with Crippen molar-refractivity contribution in [3.63, 3.8) is 0 Å². The number of nitrogens with two attached hydrogens (primary N) is 2. The normalized spacial score (nSPS) is 11.6. The van der Waals surface area contributed by atoms with Crippen molar-refractivity contribution in [2.75, 3.05) is 0 Å². The molecule has 1 unspecified atom stereocenters. The van der Waals surface area contributed by atoms with Gasteiger partial charge in [-0.25, -0.2) is 0 Å². The lowest BCUT2D eigenvalue weighted by atomic mass is 10.0. The molecule has 0 aliphatic rings. The molecule has 0 spiro atoms. The molecule has 0 aliphatic carbocycles. The topological polar surface area (TPSA) is 98.2 Å². The SMILES string of the molecule is CC(C)C(NC(=O)c1ccc(CN)cc1)C(N)=O.Cl. The third-order valence-corrected chi connectivity index (χ3v) is 2.71. The molecule has 1 aromatic carbocycles. The molecule has 0 heterocycles. The fraction of sp³-hybridized carbons (Fsp3) is 0.385. The maximum atomic E-state index is 11.9. The third-order valence-electron chi connectivity index (χ3n) is 2.71. The first kappa shape index (κ1) is 17.4. The minimum atomic E-state index is -0.660. The summed E-state index contributed by atoms with van der Waals surface area (Å²) in [7, 11) is 0. The van der Waals surface area contributed by atoms with Gasteiger partial charge in [0, 0.05) is 12.1 Å². The van der Waals surface area contributed by atoms with E-state index in [-0.39, 0.29) is 24.2 Å². The van der Waals surface area contributed by atoms with Crippen LogP contribution in [0.4, 0.5) is 0 Å². The van der Waals surface area contributed by atoms with Crippen molar-refractivity contribution in [2.45, 2.75) is 26.4 Å². The van der Waals surface area contributed by atoms with Crippen LogP contribution < -0.4 is 16.8 Å². The first-order chi connectivity index (χ1) is 8.45. The van der Waals surface area contributed by atoms with E-state index in [2.05, 4.69) is 5.32 Å². The molecule has 0 radical (unpaired) electrons. The van der Waals surface area contributed by atoms with Crippen molar-refractivity contribution in [1.29, 1.82) is 0 Å². The minimum Gasteiger partial charge on any atom is -0.368 e. The van der Waals surface area contributed by atoms with E-state index in [0.717, 1.165) is 5.56 Å². The highest BCUT2D eigenvalue weighted by Gasteiger charge is 2.21. The Morgan fingerprint density at radius 3 is 2.11 bits per heavy atom. The van der Waals surface area contributed by atoms with Gasteiger partial charge in [-0.05, 0) is 23.6 Å². The van der Waals surface area contributed by atoms with E-state index in [0.29, 0.717) is 12.1 Å². The van der Waals surface area contributed by atoms with Crippen LogP contribution >= 0.6 is 12.4 Å². The molecule has 1 rings (SSSR count). The zero-order valence-corrected chi connectivity index (χ0v) is 11.9. The number of carbonyl (C=O) groups excluding carboxylic acids is 2. The summed E-state index contributed by atoms with van der Waals surface area (Å²) in [5, 5.41) is 2.62. The van der Waals surface area contributed by atoms with Gasteiger partial charge in [-0.2, -0.15) is 0 Å². The van der Waals surface area contributed by atoms with Crippen LogP contribution in [0.2, 0.25) is 0 Å². The van der Waals surface area contributed by atoms with E-state index in [1.165, 1.54) is 0 Å². The fourth-order valence-electron chi connectivity index (χ4n) is 1.58. The highest BCUT2D eigenvalue weighted by atomic mass is 35.5. The van der Waals surface area contributed by atoms with Gasteiger partial charge in [0.2, 0.25) is 5.91 Å². The van der Waals surface area contributed by atoms with E-state index in [4.69, 9.17) is 11.5 Å². The molecule has 5 nitrogen and oxygen atoms in total. The van der Waals surface area contributed by atoms with Gasteiger partial charge in [0.25, 0.3) is 5.91 Å². The summed E-state index contributed by atoms with van der Waals surface area (Å²) in [6.45, 7) is 4.08. The second kappa shape index (κ2) is 7.76. The minimum absolute atomic E-state index is 0. The summed E-state index contributed by atoms with van der Waals surface area (Å²) in [6.07, 6.45) is 0. The lowest BCUT2D eigenvalue weighted by Gasteiger charge is -2.18. The number of primary amides is 1. The monoisotopic (exact) mass is 285 g/mol. The Labute approximate surface area is 119 Å². The number of halogens is 1. The molecule has 1 aromatic rings. The van der Waals surface area contributed by atoms with Gasteiger partial charge in [0.15, 0.2) is 0 Å². The van der Waals surface area contributed by atoms with Crippen molar-refractivity contribution in [2.24, 2.45) is 17.4 Å². The van der Waals surface area contributed by atoms with Crippen LogP contribution in [0.5, 0.6) is 0 Å². The maximum Gasteiger partial charge on any atom is 0.251 e. The maximum absolute atomic E-state index is 11.9. The molecule has 5 N–H and O–H groups in total. The summed E-state index contributed by atoms with van der Waals surface area (Å²) in [4.78, 5) is 23.1. The summed E-state index contributed by atoms with van der Waals surface area (Å²) >= 11 is 0. The zero-order valence-electron chi connectivity index (χ0n) is 11.1. The van der Waals surface area contributed by atoms with Gasteiger partial charge in [0.05, 0.1) is 0 Å². The Kier molecular flexibility index (Phi) is 7.11. The van der Waals surface area contributed by atoms with Gasteiger partial charge in [-0.3, -0.25) is 9.59 Å². The predicted molar refractivity (Wildman–Crippen MR) is 76.9 cm³/mol. The second-order valence-electron chi connectivity index (χ2n) is 4.50. The quantitative estimate of drug-likeness (QED) is 0.746. The van der Waals surface area contributed by atoms with Crippen LogP contribution in [-0.2, 0) is 11.3 Å². The fourth-order valence-corrected chi connectivity index (χ4v) is 1.58. The molecular formula is C13H20ClN3O2. The molecule has 19 heavy (non-hydrogen) atoms. The molecule has 1 atom stereocenters. The molecule has 6 heteroatoms. The van der Waals surface area contributed by atoms with E-state index >= 15 is 0 Å². The highest BCUT2D eigenvalue weighted by molar-refractivity contribution is 5.97. The number of amides is 2. The number of hydrogen-bond acceptors (Lipinski definition) is 3. The van der Waals surface area contributed by atoms with Crippen molar-refractivity contribution in [3.8, 4) is 0 Å². The van der Waals surface area contributed by atoms with Crippen LogP contribution in [0, 0.1) is 5.92 Å². The lowest BCUT2D eigenvalue weighted by Crippen LogP contribution is -2.47. The van der Waals surface area contributed by atoms with E-state index < -0.39 is 11.9 Å². The molecule has 0 aliphatic heterocycles. The molecule has 0 saturated carbocycles. The number of rotatable bonds is 5. The standard InChI is InChI=1S/C13H19N3O2.ClH/c1-8(2)11(12(15)17)16-13(18)10-5-3-9(7-14)4-6-10;/h3-6,8,11H,7,14H2,1-2H3,(H2,15,17)(H,16,18);1H. The van der Waals surface area contributed by atoms with Crippen LogP contribution in [0.1, 0.15) is 29.8 Å². The third kappa shape index (κ3) is 4.89. The summed E-state index contributed by atoms with van der Waals surface area (Å²) in [5.41, 5.74) is 12.1. The Hall–Kier alpha value is -1.59. The molecular weight excluding hydrogens is 266 g/mol. The zero-order chi connectivity index (χ0) is 13.7.